The Kier molecular flexibility index (Phi) is 6.42. The zero-order valence-corrected chi connectivity index (χ0v) is 16.8. The van der Waals surface area contributed by atoms with Gasteiger partial charge in [-0.05, 0) is 24.6 Å². The Balaban J connectivity index is 1.61. The van der Waals surface area contributed by atoms with E-state index in [0.717, 1.165) is 27.6 Å². The van der Waals surface area contributed by atoms with Crippen molar-refractivity contribution in [1.82, 2.24) is 14.9 Å². The Labute approximate surface area is 175 Å². The lowest BCUT2D eigenvalue weighted by Crippen LogP contribution is -2.34. The topological polar surface area (TPSA) is 146 Å². The third-order valence-corrected chi connectivity index (χ3v) is 5.06. The summed E-state index contributed by atoms with van der Waals surface area (Å²) in [5, 5.41) is 21.3. The van der Waals surface area contributed by atoms with Crippen LogP contribution in [-0.4, -0.2) is 31.5 Å². The predicted molar refractivity (Wildman–Crippen MR) is 113 cm³/mol. The number of hydrogen-bond donors (Lipinski definition) is 2. The summed E-state index contributed by atoms with van der Waals surface area (Å²) < 4.78 is 0.875. The van der Waals surface area contributed by atoms with Crippen LogP contribution in [-0.2, 0) is 11.2 Å². The van der Waals surface area contributed by atoms with E-state index in [-0.39, 0.29) is 28.2 Å². The maximum atomic E-state index is 12.5. The third-order valence-electron chi connectivity index (χ3n) is 4.11. The minimum atomic E-state index is -0.525. The number of hydrogen-bond acceptors (Lipinski definition) is 8. The van der Waals surface area contributed by atoms with Gasteiger partial charge in [-0.2, -0.15) is 4.68 Å². The van der Waals surface area contributed by atoms with Crippen molar-refractivity contribution in [3.8, 4) is 0 Å². The van der Waals surface area contributed by atoms with Crippen LogP contribution in [0.15, 0.2) is 58.5 Å². The summed E-state index contributed by atoms with van der Waals surface area (Å²) in [6, 6.07) is 13.1. The average Bonchev–Trinajstić information content (AvgIpc) is 2.73. The Morgan fingerprint density at radius 3 is 2.47 bits per heavy atom. The fourth-order valence-corrected chi connectivity index (χ4v) is 3.18. The highest BCUT2D eigenvalue weighted by molar-refractivity contribution is 7.99. The summed E-state index contributed by atoms with van der Waals surface area (Å²) in [5.74, 6) is 5.38. The number of nitro groups is 1. The van der Waals surface area contributed by atoms with Gasteiger partial charge in [0.05, 0.1) is 10.7 Å². The molecule has 3 aromatic rings. The first-order valence-electron chi connectivity index (χ1n) is 8.80. The third kappa shape index (κ3) is 5.20. The molecule has 154 valence electrons. The molecule has 0 fully saturated rings. The van der Waals surface area contributed by atoms with Crippen LogP contribution in [0.3, 0.4) is 0 Å². The SMILES string of the molecule is Cc1ccc(Cc2nnc(SCC(=O)Nc3ccc([N+](=O)[O-])cc3)n(N)c2=O)cc1. The molecule has 0 bridgehead atoms. The molecule has 0 radical (unpaired) electrons. The number of aromatic nitrogens is 3. The van der Waals surface area contributed by atoms with E-state index in [9.17, 15) is 19.7 Å². The van der Waals surface area contributed by atoms with Gasteiger partial charge in [0.15, 0.2) is 0 Å². The van der Waals surface area contributed by atoms with Gasteiger partial charge in [0.25, 0.3) is 11.2 Å². The first-order valence-corrected chi connectivity index (χ1v) is 9.78. The lowest BCUT2D eigenvalue weighted by molar-refractivity contribution is -0.384. The van der Waals surface area contributed by atoms with Gasteiger partial charge < -0.3 is 11.2 Å². The molecule has 0 aliphatic rings. The van der Waals surface area contributed by atoms with Gasteiger partial charge >= 0.3 is 0 Å². The molecule has 11 heteroatoms. The van der Waals surface area contributed by atoms with Gasteiger partial charge in [0, 0.05) is 24.2 Å². The van der Waals surface area contributed by atoms with E-state index in [1.807, 2.05) is 31.2 Å². The fourth-order valence-electron chi connectivity index (χ4n) is 2.52. The van der Waals surface area contributed by atoms with Gasteiger partial charge in [-0.25, -0.2) is 0 Å². The van der Waals surface area contributed by atoms with Gasteiger partial charge in [0.2, 0.25) is 11.1 Å². The molecule has 1 amide bonds. The lowest BCUT2D eigenvalue weighted by Gasteiger charge is -2.08. The van der Waals surface area contributed by atoms with E-state index in [2.05, 4.69) is 15.5 Å². The Hall–Kier alpha value is -3.73. The zero-order chi connectivity index (χ0) is 21.7. The molecule has 1 aromatic heterocycles. The number of anilines is 1. The molecule has 0 aliphatic heterocycles. The molecular weight excluding hydrogens is 408 g/mol. The number of nitrogen functional groups attached to an aromatic ring is 1. The van der Waals surface area contributed by atoms with Crippen LogP contribution in [0.5, 0.6) is 0 Å². The molecule has 1 heterocycles. The van der Waals surface area contributed by atoms with Crippen molar-refractivity contribution >= 4 is 29.0 Å². The van der Waals surface area contributed by atoms with Crippen molar-refractivity contribution in [3.05, 3.63) is 85.8 Å². The second-order valence-electron chi connectivity index (χ2n) is 6.41. The number of carbonyl (C=O) groups excluding carboxylic acids is 1. The van der Waals surface area contributed by atoms with Crippen LogP contribution in [0.2, 0.25) is 0 Å². The van der Waals surface area contributed by atoms with E-state index in [1.165, 1.54) is 24.3 Å². The van der Waals surface area contributed by atoms with Gasteiger partial charge in [-0.1, -0.05) is 41.6 Å². The molecule has 30 heavy (non-hydrogen) atoms. The number of nitrogens with zero attached hydrogens (tertiary/aromatic N) is 4. The number of benzene rings is 2. The lowest BCUT2D eigenvalue weighted by atomic mass is 10.1. The summed E-state index contributed by atoms with van der Waals surface area (Å²) in [7, 11) is 0. The van der Waals surface area contributed by atoms with E-state index in [1.54, 1.807) is 0 Å². The number of non-ortho nitro benzene ring substituents is 1. The average molecular weight is 426 g/mol. The number of rotatable bonds is 7. The van der Waals surface area contributed by atoms with Crippen LogP contribution in [0.1, 0.15) is 16.8 Å². The van der Waals surface area contributed by atoms with E-state index >= 15 is 0 Å². The highest BCUT2D eigenvalue weighted by atomic mass is 32.2. The maximum absolute atomic E-state index is 12.5. The van der Waals surface area contributed by atoms with Crippen molar-refractivity contribution in [2.24, 2.45) is 0 Å². The van der Waals surface area contributed by atoms with Crippen molar-refractivity contribution in [2.45, 2.75) is 18.5 Å². The quantitative estimate of drug-likeness (QED) is 0.252. The molecule has 2 aromatic carbocycles. The van der Waals surface area contributed by atoms with Crippen molar-refractivity contribution < 1.29 is 9.72 Å². The van der Waals surface area contributed by atoms with Gasteiger partial charge in [0.1, 0.15) is 5.69 Å². The van der Waals surface area contributed by atoms with Crippen LogP contribution >= 0.6 is 11.8 Å². The van der Waals surface area contributed by atoms with Crippen LogP contribution in [0.4, 0.5) is 11.4 Å². The number of nitrogens with two attached hydrogens (primary N) is 1. The van der Waals surface area contributed by atoms with Crippen molar-refractivity contribution in [2.75, 3.05) is 16.9 Å². The first kappa shape index (κ1) is 21.0. The maximum Gasteiger partial charge on any atom is 0.294 e. The van der Waals surface area contributed by atoms with E-state index in [4.69, 9.17) is 5.84 Å². The summed E-state index contributed by atoms with van der Waals surface area (Å²) in [6.45, 7) is 1.97. The number of nitrogens with one attached hydrogen (secondary N) is 1. The molecular formula is C19H18N6O4S. The normalized spacial score (nSPS) is 10.6. The summed E-state index contributed by atoms with van der Waals surface area (Å²) in [4.78, 5) is 34.7. The molecule has 0 atom stereocenters. The fraction of sp³-hybridized carbons (Fsp3) is 0.158. The Bertz CT molecular complexity index is 1130. The summed E-state index contributed by atoms with van der Waals surface area (Å²) in [6.07, 6.45) is 0.300. The Morgan fingerprint density at radius 2 is 1.83 bits per heavy atom. The minimum absolute atomic E-state index is 0.0698. The van der Waals surface area contributed by atoms with Crippen LogP contribution in [0.25, 0.3) is 0 Å². The smallest absolute Gasteiger partial charge is 0.294 e. The molecule has 0 spiro atoms. The molecule has 3 rings (SSSR count). The largest absolute Gasteiger partial charge is 0.334 e. The number of thioether (sulfide) groups is 1. The standard InChI is InChI=1S/C19H18N6O4S/c1-12-2-4-13(5-3-12)10-16-18(27)24(20)19(23-22-16)30-11-17(26)21-14-6-8-15(9-7-14)25(28)29/h2-9H,10-11,20H2,1H3,(H,21,26). The molecule has 0 aliphatic carbocycles. The van der Waals surface area contributed by atoms with Crippen molar-refractivity contribution in [3.63, 3.8) is 0 Å². The second-order valence-corrected chi connectivity index (χ2v) is 7.35. The number of carbonyl (C=O) groups is 1. The number of aryl methyl sites for hydroxylation is 1. The minimum Gasteiger partial charge on any atom is -0.334 e. The van der Waals surface area contributed by atoms with Crippen LogP contribution < -0.4 is 16.7 Å². The first-order chi connectivity index (χ1) is 14.3. The second kappa shape index (κ2) is 9.18. The summed E-state index contributed by atoms with van der Waals surface area (Å²) in [5.41, 5.74) is 2.09. The molecule has 0 saturated heterocycles. The highest BCUT2D eigenvalue weighted by Gasteiger charge is 2.13. The molecule has 0 saturated carbocycles. The van der Waals surface area contributed by atoms with Crippen molar-refractivity contribution in [1.29, 1.82) is 0 Å². The number of amides is 1. The van der Waals surface area contributed by atoms with E-state index < -0.39 is 10.5 Å². The van der Waals surface area contributed by atoms with Crippen LogP contribution in [0, 0.1) is 17.0 Å². The number of nitro benzene ring substituents is 1. The molecule has 0 unspecified atom stereocenters. The van der Waals surface area contributed by atoms with E-state index in [0.29, 0.717) is 12.1 Å². The predicted octanol–water partition coefficient (Wildman–Crippen LogP) is 1.89. The molecule has 10 nitrogen and oxygen atoms in total. The van der Waals surface area contributed by atoms with Gasteiger partial charge in [-0.15, -0.1) is 10.2 Å². The monoisotopic (exact) mass is 426 g/mol. The summed E-state index contributed by atoms with van der Waals surface area (Å²) >= 11 is 0.958. The zero-order valence-electron chi connectivity index (χ0n) is 15.9. The Morgan fingerprint density at radius 1 is 1.17 bits per heavy atom. The molecule has 3 N–H and O–H groups in total. The highest BCUT2D eigenvalue weighted by Crippen LogP contribution is 2.17. The van der Waals surface area contributed by atoms with Gasteiger partial charge in [-0.3, -0.25) is 19.7 Å².